The smallest absolute Gasteiger partial charge is 0.318 e. The topological polar surface area (TPSA) is 503 Å². The number of hydrogen-bond acceptors (Lipinski definition) is 17. The minimum Gasteiger partial charge on any atom is -0.389 e. The van der Waals surface area contributed by atoms with Crippen molar-refractivity contribution in [2.45, 2.75) is 320 Å². The highest BCUT2D eigenvalue weighted by molar-refractivity contribution is 6.01. The van der Waals surface area contributed by atoms with Gasteiger partial charge in [0.15, 0.2) is 0 Å². The summed E-state index contributed by atoms with van der Waals surface area (Å²) in [6, 6.07) is 15.2. The van der Waals surface area contributed by atoms with Gasteiger partial charge in [0.25, 0.3) is 0 Å². The van der Waals surface area contributed by atoms with E-state index in [0.29, 0.717) is 31.2 Å². The van der Waals surface area contributed by atoms with E-state index in [1.807, 2.05) is 74.5 Å². The van der Waals surface area contributed by atoms with E-state index in [-0.39, 0.29) is 74.9 Å². The molecule has 12 atom stereocenters. The molecular weight excluding hydrogens is 1640 g/mol. The molecule has 3 rings (SSSR count). The minimum atomic E-state index is -1.76. The zero-order valence-corrected chi connectivity index (χ0v) is 79.7. The number of aliphatic hydroxyl groups excluding tert-OH is 1. The molecule has 0 saturated carbocycles. The number of aliphatic hydroxyl groups is 1. The van der Waals surface area contributed by atoms with Gasteiger partial charge in [-0.05, 0) is 131 Å². The maximum atomic E-state index is 14.6. The van der Waals surface area contributed by atoms with Crippen LogP contribution < -0.4 is 85.5 Å². The van der Waals surface area contributed by atoms with Gasteiger partial charge in [-0.2, -0.15) is 0 Å². The van der Waals surface area contributed by atoms with E-state index < -0.39 is 202 Å². The number of carbonyl (C=O) groups is 16. The molecule has 0 aliphatic rings. The summed E-state index contributed by atoms with van der Waals surface area (Å²) >= 11 is 0. The van der Waals surface area contributed by atoms with Gasteiger partial charge in [-0.25, -0.2) is 4.79 Å². The Balaban J connectivity index is 1.64. The molecule has 3 aromatic carbocycles. The average molecular weight is 1790 g/mol. The number of hydrogen-bond donors (Lipinski definition) is 17. The van der Waals surface area contributed by atoms with Crippen LogP contribution in [-0.2, 0) is 91.3 Å². The van der Waals surface area contributed by atoms with Gasteiger partial charge in [-0.1, -0.05) is 234 Å². The molecule has 0 heterocycles. The van der Waals surface area contributed by atoms with Gasteiger partial charge >= 0.3 is 6.03 Å². The molecule has 0 aliphatic heterocycles. The lowest BCUT2D eigenvalue weighted by molar-refractivity contribution is -0.139. The summed E-state index contributed by atoms with van der Waals surface area (Å²) < 4.78 is 0. The van der Waals surface area contributed by atoms with Gasteiger partial charge in [0, 0.05) is 32.9 Å². The first kappa shape index (κ1) is 111. The second-order valence-corrected chi connectivity index (χ2v) is 37.7. The molecule has 17 amide bonds. The van der Waals surface area contributed by atoms with Crippen LogP contribution in [0.15, 0.2) is 91.0 Å². The normalized spacial score (nSPS) is 14.6. The molecule has 0 unspecified atom stereocenters. The van der Waals surface area contributed by atoms with Crippen LogP contribution in [0, 0.1) is 47.3 Å². The van der Waals surface area contributed by atoms with Crippen molar-refractivity contribution in [1.82, 2.24) is 84.7 Å². The van der Waals surface area contributed by atoms with Crippen LogP contribution in [0.2, 0.25) is 0 Å². The molecule has 34 nitrogen and oxygen atoms in total. The first-order valence-electron chi connectivity index (χ1n) is 45.1. The molecule has 34 heteroatoms. The molecule has 3 aromatic rings. The molecule has 18 N–H and O–H groups in total. The lowest BCUT2D eigenvalue weighted by Gasteiger charge is -2.34. The third-order valence-electron chi connectivity index (χ3n) is 22.2. The summed E-state index contributed by atoms with van der Waals surface area (Å²) in [7, 11) is 0. The minimum absolute atomic E-state index is 0.0223. The highest BCUT2D eigenvalue weighted by Crippen LogP contribution is 2.21. The molecule has 0 aromatic heterocycles. The number of unbranched alkanes of at least 4 members (excludes halogenated alkanes) is 5. The summed E-state index contributed by atoms with van der Waals surface area (Å²) in [5.41, 5.74) is 2.94. The van der Waals surface area contributed by atoms with E-state index in [2.05, 4.69) is 79.8 Å². The van der Waals surface area contributed by atoms with Gasteiger partial charge in [-0.3, -0.25) is 71.9 Å². The maximum Gasteiger partial charge on any atom is 0.318 e. The Morgan fingerprint density at radius 2 is 0.781 bits per heavy atom. The first-order chi connectivity index (χ1) is 59.7. The molecular formula is C94H151N17O17. The third-order valence-corrected chi connectivity index (χ3v) is 22.2. The van der Waals surface area contributed by atoms with Crippen LogP contribution in [0.3, 0.4) is 0 Å². The number of nitrogens with two attached hydrogens (primary N) is 1. The van der Waals surface area contributed by atoms with E-state index in [9.17, 15) is 81.8 Å². The Bertz CT molecular complexity index is 4140. The van der Waals surface area contributed by atoms with Crippen LogP contribution in [-0.4, -0.2) is 207 Å². The number of urea groups is 1. The zero-order chi connectivity index (χ0) is 96.8. The number of nitrogens with one attached hydrogen (secondary N) is 15. The van der Waals surface area contributed by atoms with Crippen LogP contribution in [0.25, 0.3) is 0 Å². The zero-order valence-electron chi connectivity index (χ0n) is 79.7. The van der Waals surface area contributed by atoms with Gasteiger partial charge in [-0.15, -0.1) is 0 Å². The summed E-state index contributed by atoms with van der Waals surface area (Å²) in [5, 5.41) is 53.4. The van der Waals surface area contributed by atoms with Crippen molar-refractivity contribution in [2.24, 2.45) is 53.1 Å². The molecule has 0 saturated heterocycles. The van der Waals surface area contributed by atoms with Crippen LogP contribution in [0.4, 0.5) is 4.79 Å². The summed E-state index contributed by atoms with van der Waals surface area (Å²) in [5.74, 6) is -13.0. The number of amides is 17. The number of primary amides is 1. The Labute approximate surface area is 757 Å². The number of rotatable bonds is 55. The molecule has 0 spiro atoms. The Morgan fingerprint density at radius 1 is 0.383 bits per heavy atom. The largest absolute Gasteiger partial charge is 0.389 e. The SMILES string of the molecule is CC[C@H](C)[C@H](NC(=O)[C@@H](NC(=O)[C@@H](NC(=O)C(C)(C)NC(=O)CNC(=O)[C@@H](NC(C)=O)C(C)C)C(C)C)C(C)C)C(=O)NC(C)(C)C(=O)N[C@@H](Cc1ccccc1)C(=O)N[C@H](C(=O)NC(C)(C)C(=O)NCCCCCCCCC(=O)N[C@H](C(=O)N[C@@H](Cc1ccccc1)[C@H](O)CN(Cc1ccccc1)C(=O)N[C@@H](CC(C)C)C(=O)N[C@H](C(N)=O)C(C)C)C(C)C)C(C)C. The molecule has 0 aliphatic carbocycles. The number of carbonyl (C=O) groups excluding carboxylic acids is 16. The van der Waals surface area contributed by atoms with Crippen LogP contribution in [0.5, 0.6) is 0 Å². The standard InChI is InChI=1S/C94H151N17O17/c1-24-61(16)78(106-84(121)75(58(10)11)105-85(122)76(59(12)13)107-90(127)93(20,21)108-71(115)51-97-82(119)73(56(6)7)98-62(17)112)87(124)110-94(22,23)89(126)100-68(50-64-42-34-30-35-43-64)81(118)104-77(60(14)15)86(123)109-92(18,19)88(125)96-47-39-28-26-25-27-38-46-70(114)102-74(57(8)9)83(120)99-66(49-63-40-32-29-33-41-63)69(113)53-111(52-65-44-36-31-37-45-65)91(128)101-67(48-54(2)3)80(117)103-72(55(4)5)79(95)116/h29-37,40-45,54-61,66-69,72-78,113H,24-28,38-39,46-53H2,1-23H3,(H2,95,116)(H,96,125)(H,97,119)(H,98,112)(H,99,120)(H,100,126)(H,101,128)(H,102,114)(H,103,117)(H,104,118)(H,105,122)(H,106,121)(H,107,127)(H,108,115)(H,109,123)(H,110,124)/t61-,66-,67-,68-,69+,72-,73-,74-,75-,76-,77-,78-/m0/s1. The monoisotopic (exact) mass is 1790 g/mol. The van der Waals surface area contributed by atoms with Crippen LogP contribution >= 0.6 is 0 Å². The molecule has 0 bridgehead atoms. The van der Waals surface area contributed by atoms with Gasteiger partial charge in [0.1, 0.15) is 71.0 Å². The predicted octanol–water partition coefficient (Wildman–Crippen LogP) is 4.96. The van der Waals surface area contributed by atoms with Gasteiger partial charge in [0.2, 0.25) is 88.6 Å². The van der Waals surface area contributed by atoms with E-state index >= 15 is 0 Å². The fraction of sp³-hybridized carbons (Fsp3) is 0.638. The Hall–Kier alpha value is -11.1. The highest BCUT2D eigenvalue weighted by atomic mass is 16.3. The maximum absolute atomic E-state index is 14.6. The predicted molar refractivity (Wildman–Crippen MR) is 491 cm³/mol. The van der Waals surface area contributed by atoms with Crippen molar-refractivity contribution in [3.63, 3.8) is 0 Å². The van der Waals surface area contributed by atoms with E-state index in [1.54, 1.807) is 127 Å². The van der Waals surface area contributed by atoms with E-state index in [0.717, 1.165) is 30.4 Å². The molecule has 714 valence electrons. The first-order valence-corrected chi connectivity index (χ1v) is 45.1. The van der Waals surface area contributed by atoms with E-state index in [4.69, 9.17) is 5.73 Å². The lowest BCUT2D eigenvalue weighted by Crippen LogP contribution is -2.65. The molecule has 0 radical (unpaired) electrons. The van der Waals surface area contributed by atoms with Crippen molar-refractivity contribution < 1.29 is 81.8 Å². The second kappa shape index (κ2) is 53.7. The fourth-order valence-corrected chi connectivity index (χ4v) is 14.0. The summed E-state index contributed by atoms with van der Waals surface area (Å²) in [4.78, 5) is 221. The average Bonchev–Trinajstić information content (AvgIpc) is 0.862. The number of benzene rings is 3. The van der Waals surface area contributed by atoms with E-state index in [1.165, 1.54) is 53.4 Å². The quantitative estimate of drug-likeness (QED) is 0.0332. The Morgan fingerprint density at radius 3 is 1.27 bits per heavy atom. The van der Waals surface area contributed by atoms with Crippen molar-refractivity contribution in [2.75, 3.05) is 19.6 Å². The summed E-state index contributed by atoms with van der Waals surface area (Å²) in [6.07, 6.45) is 3.55. The molecule has 128 heavy (non-hydrogen) atoms. The van der Waals surface area contributed by atoms with Crippen molar-refractivity contribution in [3.8, 4) is 0 Å². The van der Waals surface area contributed by atoms with Gasteiger partial charge in [0.05, 0.1) is 25.2 Å². The second-order valence-electron chi connectivity index (χ2n) is 37.7. The van der Waals surface area contributed by atoms with Crippen molar-refractivity contribution in [3.05, 3.63) is 108 Å². The third kappa shape index (κ3) is 38.5. The van der Waals surface area contributed by atoms with Crippen molar-refractivity contribution in [1.29, 1.82) is 0 Å². The molecule has 0 fully saturated rings. The summed E-state index contributed by atoms with van der Waals surface area (Å²) in [6.45, 7) is 37.3. The number of nitrogens with zero attached hydrogens (tertiary/aromatic N) is 1. The lowest BCUT2D eigenvalue weighted by atomic mass is 9.94. The van der Waals surface area contributed by atoms with Gasteiger partial charge < -0.3 is 95.5 Å². The van der Waals surface area contributed by atoms with Crippen molar-refractivity contribution >= 4 is 94.6 Å². The Kier molecular flexibility index (Phi) is 46.6. The highest BCUT2D eigenvalue weighted by Gasteiger charge is 2.43. The van der Waals surface area contributed by atoms with Crippen LogP contribution in [0.1, 0.15) is 234 Å². The fourth-order valence-electron chi connectivity index (χ4n) is 14.0.